The van der Waals surface area contributed by atoms with Gasteiger partial charge in [0.05, 0.1) is 25.3 Å². The summed E-state index contributed by atoms with van der Waals surface area (Å²) in [6.45, 7) is 0. The Bertz CT molecular complexity index is 609. The smallest absolute Gasteiger partial charge is 0.281 e. The predicted octanol–water partition coefficient (Wildman–Crippen LogP) is 2.53. The second-order valence-electron chi connectivity index (χ2n) is 3.78. The van der Waals surface area contributed by atoms with Gasteiger partial charge >= 0.3 is 0 Å². The van der Waals surface area contributed by atoms with E-state index in [1.54, 1.807) is 38.5 Å². The van der Waals surface area contributed by atoms with Gasteiger partial charge in [0.2, 0.25) is 0 Å². The Balaban J connectivity index is 2.06. The number of benzene rings is 1. The summed E-state index contributed by atoms with van der Waals surface area (Å²) >= 11 is 1.36. The van der Waals surface area contributed by atoms with Crippen molar-refractivity contribution in [2.75, 3.05) is 14.2 Å². The molecular formula is C14H14N2O3S. The van der Waals surface area contributed by atoms with E-state index in [-0.39, 0.29) is 5.91 Å². The van der Waals surface area contributed by atoms with Crippen LogP contribution in [0.25, 0.3) is 0 Å². The summed E-state index contributed by atoms with van der Waals surface area (Å²) in [6.07, 6.45) is 1.53. The molecule has 20 heavy (non-hydrogen) atoms. The van der Waals surface area contributed by atoms with E-state index in [0.29, 0.717) is 16.4 Å². The third-order valence-corrected chi connectivity index (χ3v) is 3.42. The predicted molar refractivity (Wildman–Crippen MR) is 78.9 cm³/mol. The first kappa shape index (κ1) is 14.1. The Labute approximate surface area is 120 Å². The van der Waals surface area contributed by atoms with Crippen LogP contribution in [0.5, 0.6) is 11.5 Å². The van der Waals surface area contributed by atoms with Crippen LogP contribution in [0.1, 0.15) is 15.2 Å². The number of nitrogens with zero attached hydrogens (tertiary/aromatic N) is 1. The van der Waals surface area contributed by atoms with Gasteiger partial charge < -0.3 is 9.47 Å². The lowest BCUT2D eigenvalue weighted by atomic mass is 10.2. The Morgan fingerprint density at radius 2 is 2.15 bits per heavy atom. The van der Waals surface area contributed by atoms with Crippen LogP contribution >= 0.6 is 11.3 Å². The maximum Gasteiger partial charge on any atom is 0.281 e. The number of nitrogens with one attached hydrogen (secondary N) is 1. The summed E-state index contributed by atoms with van der Waals surface area (Å²) in [4.78, 5) is 12.3. The normalized spacial score (nSPS) is 10.5. The van der Waals surface area contributed by atoms with E-state index in [2.05, 4.69) is 10.5 Å². The first-order chi connectivity index (χ1) is 9.74. The molecule has 1 amide bonds. The molecule has 0 aliphatic rings. The highest BCUT2D eigenvalue weighted by molar-refractivity contribution is 7.12. The molecule has 104 valence electrons. The van der Waals surface area contributed by atoms with E-state index >= 15 is 0 Å². The van der Waals surface area contributed by atoms with Gasteiger partial charge in [0.15, 0.2) is 0 Å². The highest BCUT2D eigenvalue weighted by Gasteiger charge is 2.05. The van der Waals surface area contributed by atoms with Crippen LogP contribution in [0.4, 0.5) is 0 Å². The lowest BCUT2D eigenvalue weighted by molar-refractivity contribution is 0.0959. The standard InChI is InChI=1S/C14H14N2O3S/c1-18-11-6-5-10(12(8-11)19-2)9-15-16-14(17)13-4-3-7-20-13/h3-9H,1-2H3,(H,16,17). The quantitative estimate of drug-likeness (QED) is 0.680. The summed E-state index contributed by atoms with van der Waals surface area (Å²) in [6, 6.07) is 8.91. The Morgan fingerprint density at radius 1 is 1.30 bits per heavy atom. The molecule has 0 saturated carbocycles. The van der Waals surface area contributed by atoms with Crippen molar-refractivity contribution in [2.45, 2.75) is 0 Å². The van der Waals surface area contributed by atoms with Crippen molar-refractivity contribution in [1.29, 1.82) is 0 Å². The molecule has 0 spiro atoms. The second kappa shape index (κ2) is 6.72. The van der Waals surface area contributed by atoms with Crippen LogP contribution in [-0.4, -0.2) is 26.3 Å². The van der Waals surface area contributed by atoms with Crippen LogP contribution < -0.4 is 14.9 Å². The number of ether oxygens (including phenoxy) is 2. The Morgan fingerprint density at radius 3 is 2.80 bits per heavy atom. The molecule has 1 aromatic carbocycles. The monoisotopic (exact) mass is 290 g/mol. The topological polar surface area (TPSA) is 59.9 Å². The fourth-order valence-electron chi connectivity index (χ4n) is 1.55. The zero-order valence-electron chi connectivity index (χ0n) is 11.1. The summed E-state index contributed by atoms with van der Waals surface area (Å²) in [5.74, 6) is 1.09. The van der Waals surface area contributed by atoms with Crippen molar-refractivity contribution in [3.05, 3.63) is 46.2 Å². The maximum atomic E-state index is 11.7. The summed E-state index contributed by atoms with van der Waals surface area (Å²) < 4.78 is 10.3. The first-order valence-corrected chi connectivity index (χ1v) is 6.71. The molecule has 1 N–H and O–H groups in total. The molecule has 1 aromatic heterocycles. The van der Waals surface area contributed by atoms with Crippen LogP contribution in [0.2, 0.25) is 0 Å². The first-order valence-electron chi connectivity index (χ1n) is 5.83. The minimum absolute atomic E-state index is 0.233. The van der Waals surface area contributed by atoms with Gasteiger partial charge in [-0.15, -0.1) is 11.3 Å². The number of thiophene rings is 1. The van der Waals surface area contributed by atoms with Gasteiger partial charge in [0.25, 0.3) is 5.91 Å². The van der Waals surface area contributed by atoms with Crippen molar-refractivity contribution in [1.82, 2.24) is 5.43 Å². The van der Waals surface area contributed by atoms with Crippen LogP contribution in [0.3, 0.4) is 0 Å². The molecule has 0 fully saturated rings. The van der Waals surface area contributed by atoms with Crippen LogP contribution in [-0.2, 0) is 0 Å². The average molecular weight is 290 g/mol. The largest absolute Gasteiger partial charge is 0.497 e. The lowest BCUT2D eigenvalue weighted by Gasteiger charge is -2.06. The SMILES string of the molecule is COc1ccc(C=NNC(=O)c2cccs2)c(OC)c1. The van der Waals surface area contributed by atoms with Crippen molar-refractivity contribution >= 4 is 23.5 Å². The maximum absolute atomic E-state index is 11.7. The van der Waals surface area contributed by atoms with Gasteiger partial charge in [-0.1, -0.05) is 6.07 Å². The molecule has 0 bridgehead atoms. The number of methoxy groups -OCH3 is 2. The van der Waals surface area contributed by atoms with Gasteiger partial charge in [-0.25, -0.2) is 5.43 Å². The molecule has 1 heterocycles. The van der Waals surface area contributed by atoms with Gasteiger partial charge in [0, 0.05) is 11.6 Å². The van der Waals surface area contributed by atoms with Crippen molar-refractivity contribution in [3.8, 4) is 11.5 Å². The third kappa shape index (κ3) is 3.36. The molecule has 2 rings (SSSR count). The molecule has 0 unspecified atom stereocenters. The van der Waals surface area contributed by atoms with E-state index in [0.717, 1.165) is 5.56 Å². The van der Waals surface area contributed by atoms with Gasteiger partial charge in [-0.2, -0.15) is 5.10 Å². The van der Waals surface area contributed by atoms with Crippen molar-refractivity contribution in [3.63, 3.8) is 0 Å². The molecular weight excluding hydrogens is 276 g/mol. The summed E-state index contributed by atoms with van der Waals surface area (Å²) in [5.41, 5.74) is 3.22. The number of rotatable bonds is 5. The van der Waals surface area contributed by atoms with E-state index < -0.39 is 0 Å². The zero-order valence-corrected chi connectivity index (χ0v) is 11.9. The fourth-order valence-corrected chi connectivity index (χ4v) is 2.16. The summed E-state index contributed by atoms with van der Waals surface area (Å²) in [7, 11) is 3.15. The Kier molecular flexibility index (Phi) is 4.73. The molecule has 0 aliphatic carbocycles. The molecule has 0 radical (unpaired) electrons. The zero-order chi connectivity index (χ0) is 14.4. The molecule has 6 heteroatoms. The number of amides is 1. The highest BCUT2D eigenvalue weighted by Crippen LogP contribution is 2.22. The van der Waals surface area contributed by atoms with Crippen molar-refractivity contribution in [2.24, 2.45) is 5.10 Å². The molecule has 0 aliphatic heterocycles. The minimum atomic E-state index is -0.233. The van der Waals surface area contributed by atoms with E-state index in [4.69, 9.17) is 9.47 Å². The number of hydrazone groups is 1. The molecule has 2 aromatic rings. The van der Waals surface area contributed by atoms with Crippen LogP contribution in [0, 0.1) is 0 Å². The Hall–Kier alpha value is -2.34. The average Bonchev–Trinajstić information content (AvgIpc) is 3.01. The third-order valence-electron chi connectivity index (χ3n) is 2.56. The minimum Gasteiger partial charge on any atom is -0.497 e. The number of carbonyl (C=O) groups is 1. The second-order valence-corrected chi connectivity index (χ2v) is 4.73. The molecule has 0 saturated heterocycles. The molecule has 5 nitrogen and oxygen atoms in total. The lowest BCUT2D eigenvalue weighted by Crippen LogP contribution is -2.16. The van der Waals surface area contributed by atoms with Gasteiger partial charge in [0.1, 0.15) is 11.5 Å². The van der Waals surface area contributed by atoms with E-state index in [1.807, 2.05) is 11.4 Å². The summed E-state index contributed by atoms with van der Waals surface area (Å²) in [5, 5.41) is 5.76. The highest BCUT2D eigenvalue weighted by atomic mass is 32.1. The van der Waals surface area contributed by atoms with E-state index in [1.165, 1.54) is 17.6 Å². The fraction of sp³-hybridized carbons (Fsp3) is 0.143. The number of hydrogen-bond donors (Lipinski definition) is 1. The number of hydrogen-bond acceptors (Lipinski definition) is 5. The van der Waals surface area contributed by atoms with Gasteiger partial charge in [-0.05, 0) is 23.6 Å². The van der Waals surface area contributed by atoms with Crippen LogP contribution in [0.15, 0.2) is 40.8 Å². The van der Waals surface area contributed by atoms with Crippen molar-refractivity contribution < 1.29 is 14.3 Å². The molecule has 0 atom stereocenters. The van der Waals surface area contributed by atoms with E-state index in [9.17, 15) is 4.79 Å². The number of carbonyl (C=O) groups excluding carboxylic acids is 1. The van der Waals surface area contributed by atoms with Gasteiger partial charge in [-0.3, -0.25) is 4.79 Å².